The van der Waals surface area contributed by atoms with Gasteiger partial charge in [-0.2, -0.15) is 0 Å². The Balaban J connectivity index is 1.27. The molecule has 2 aliphatic heterocycles. The molecule has 4 aromatic rings. The number of hydrogen-bond acceptors (Lipinski definition) is 3. The Morgan fingerprint density at radius 3 is 2.69 bits per heavy atom. The van der Waals surface area contributed by atoms with Crippen LogP contribution < -0.4 is 4.74 Å². The fraction of sp³-hybridized carbons (Fsp3) is 0.310. The number of fused-ring (bicyclic) bond motifs is 2. The summed E-state index contributed by atoms with van der Waals surface area (Å²) in [6, 6.07) is 18.9. The molecule has 1 fully saturated rings. The van der Waals surface area contributed by atoms with Crippen molar-refractivity contribution in [2.45, 2.75) is 38.8 Å². The number of aryl methyl sites for hydroxylation is 1. The van der Waals surface area contributed by atoms with E-state index in [0.29, 0.717) is 26.2 Å². The summed E-state index contributed by atoms with van der Waals surface area (Å²) in [6.07, 6.45) is 2.92. The predicted octanol–water partition coefficient (Wildman–Crippen LogP) is 6.22. The number of amides is 2. The molecule has 1 atom stereocenters. The van der Waals surface area contributed by atoms with E-state index in [4.69, 9.17) is 4.74 Å². The average molecular weight is 485 g/mol. The van der Waals surface area contributed by atoms with Crippen LogP contribution in [0.2, 0.25) is 0 Å². The zero-order valence-corrected chi connectivity index (χ0v) is 20.3. The van der Waals surface area contributed by atoms with Crippen LogP contribution in [0.5, 0.6) is 5.75 Å². The number of likely N-dealkylation sites (tertiary alicyclic amines) is 1. The van der Waals surface area contributed by atoms with Gasteiger partial charge in [0.15, 0.2) is 0 Å². The number of piperidine rings is 1. The highest BCUT2D eigenvalue weighted by Crippen LogP contribution is 2.34. The second-order valence-electron chi connectivity index (χ2n) is 9.69. The van der Waals surface area contributed by atoms with Gasteiger partial charge < -0.3 is 19.5 Å². The standard InChI is InChI=1S/C29H29FN4O2/c1-19-31-25-11-7-22(17-26(25)32-19)21-8-12-28-23(16-21)18-33(14-15-36-28)29(35)34-13-3-2-4-27(34)20-5-9-24(30)10-6-20/h5-12,16-17,27H,2-4,13-15,18H2,1H3,(H,31,32). The van der Waals surface area contributed by atoms with Gasteiger partial charge in [0, 0.05) is 12.1 Å². The van der Waals surface area contributed by atoms with Crippen LogP contribution in [0.25, 0.3) is 22.2 Å². The second-order valence-corrected chi connectivity index (χ2v) is 9.69. The van der Waals surface area contributed by atoms with Gasteiger partial charge in [-0.05, 0) is 79.3 Å². The summed E-state index contributed by atoms with van der Waals surface area (Å²) in [5.41, 5.74) is 6.09. The molecule has 3 heterocycles. The number of halogens is 1. The normalized spacial score (nSPS) is 18.0. The highest BCUT2D eigenvalue weighted by atomic mass is 19.1. The largest absolute Gasteiger partial charge is 0.491 e. The maximum Gasteiger partial charge on any atom is 0.320 e. The average Bonchev–Trinajstić information content (AvgIpc) is 3.14. The van der Waals surface area contributed by atoms with E-state index in [-0.39, 0.29) is 17.9 Å². The van der Waals surface area contributed by atoms with Crippen molar-refractivity contribution < 1.29 is 13.9 Å². The van der Waals surface area contributed by atoms with E-state index in [1.54, 1.807) is 12.1 Å². The minimum absolute atomic E-state index is 0.0141. The summed E-state index contributed by atoms with van der Waals surface area (Å²) < 4.78 is 19.5. The fourth-order valence-corrected chi connectivity index (χ4v) is 5.43. The number of aromatic nitrogens is 2. The van der Waals surface area contributed by atoms with Crippen LogP contribution >= 0.6 is 0 Å². The van der Waals surface area contributed by atoms with Gasteiger partial charge in [0.25, 0.3) is 0 Å². The maximum atomic E-state index is 13.8. The smallest absolute Gasteiger partial charge is 0.320 e. The van der Waals surface area contributed by atoms with Gasteiger partial charge in [-0.25, -0.2) is 14.2 Å². The van der Waals surface area contributed by atoms with Gasteiger partial charge in [0.05, 0.1) is 30.2 Å². The number of ether oxygens (including phenoxy) is 1. The maximum absolute atomic E-state index is 13.8. The first-order valence-electron chi connectivity index (χ1n) is 12.6. The van der Waals surface area contributed by atoms with Crippen LogP contribution in [-0.4, -0.2) is 45.5 Å². The molecule has 2 amide bonds. The molecule has 1 aromatic heterocycles. The highest BCUT2D eigenvalue weighted by Gasteiger charge is 2.32. The lowest BCUT2D eigenvalue weighted by molar-refractivity contribution is 0.110. The highest BCUT2D eigenvalue weighted by molar-refractivity contribution is 5.82. The Bertz CT molecular complexity index is 1410. The van der Waals surface area contributed by atoms with Crippen molar-refractivity contribution in [2.75, 3.05) is 19.7 Å². The third-order valence-electron chi connectivity index (χ3n) is 7.25. The molecule has 1 unspecified atom stereocenters. The van der Waals surface area contributed by atoms with Crippen LogP contribution in [0.1, 0.15) is 42.3 Å². The van der Waals surface area contributed by atoms with Gasteiger partial charge in [-0.1, -0.05) is 24.3 Å². The summed E-state index contributed by atoms with van der Waals surface area (Å²) in [7, 11) is 0. The molecule has 0 spiro atoms. The van der Waals surface area contributed by atoms with Crippen molar-refractivity contribution in [1.29, 1.82) is 0 Å². The van der Waals surface area contributed by atoms with E-state index in [9.17, 15) is 9.18 Å². The number of rotatable bonds is 2. The lowest BCUT2D eigenvalue weighted by atomic mass is 9.95. The number of carbonyl (C=O) groups is 1. The van der Waals surface area contributed by atoms with Gasteiger partial charge in [0.1, 0.15) is 24.0 Å². The monoisotopic (exact) mass is 484 g/mol. The number of urea groups is 1. The Labute approximate surface area is 209 Å². The van der Waals surface area contributed by atoms with Crippen molar-refractivity contribution >= 4 is 17.1 Å². The number of nitrogens with one attached hydrogen (secondary N) is 1. The summed E-state index contributed by atoms with van der Waals surface area (Å²) in [5, 5.41) is 0. The van der Waals surface area contributed by atoms with E-state index < -0.39 is 0 Å². The molecule has 2 aliphatic rings. The van der Waals surface area contributed by atoms with Crippen molar-refractivity contribution in [3.8, 4) is 16.9 Å². The fourth-order valence-electron chi connectivity index (χ4n) is 5.43. The molecule has 7 heteroatoms. The molecule has 0 bridgehead atoms. The molecular weight excluding hydrogens is 455 g/mol. The quantitative estimate of drug-likeness (QED) is 0.367. The lowest BCUT2D eigenvalue weighted by Gasteiger charge is -2.39. The number of imidazole rings is 1. The molecule has 1 saturated heterocycles. The number of carbonyl (C=O) groups excluding carboxylic acids is 1. The predicted molar refractivity (Wildman–Crippen MR) is 137 cm³/mol. The van der Waals surface area contributed by atoms with E-state index in [0.717, 1.165) is 64.1 Å². The van der Waals surface area contributed by atoms with Crippen molar-refractivity contribution in [1.82, 2.24) is 19.8 Å². The Hall–Kier alpha value is -3.87. The summed E-state index contributed by atoms with van der Waals surface area (Å²) in [4.78, 5) is 25.4. The van der Waals surface area contributed by atoms with E-state index in [2.05, 4.69) is 34.2 Å². The molecule has 184 valence electrons. The zero-order chi connectivity index (χ0) is 24.6. The minimum Gasteiger partial charge on any atom is -0.491 e. The SMILES string of the molecule is Cc1nc2ccc(-c3ccc4c(c3)CN(C(=O)N3CCCCC3c3ccc(F)cc3)CCO4)cc2[nH]1. The lowest BCUT2D eigenvalue weighted by Crippen LogP contribution is -2.47. The van der Waals surface area contributed by atoms with Crippen molar-refractivity contribution in [2.24, 2.45) is 0 Å². The first kappa shape index (κ1) is 22.6. The van der Waals surface area contributed by atoms with Crippen molar-refractivity contribution in [3.05, 3.63) is 83.4 Å². The molecule has 3 aromatic carbocycles. The zero-order valence-electron chi connectivity index (χ0n) is 20.3. The van der Waals surface area contributed by atoms with Crippen LogP contribution in [0.15, 0.2) is 60.7 Å². The summed E-state index contributed by atoms with van der Waals surface area (Å²) in [5.74, 6) is 1.45. The van der Waals surface area contributed by atoms with Crippen LogP contribution in [0.3, 0.4) is 0 Å². The number of H-pyrrole nitrogens is 1. The van der Waals surface area contributed by atoms with Gasteiger partial charge in [-0.15, -0.1) is 0 Å². The number of benzene rings is 3. The topological polar surface area (TPSA) is 61.5 Å². The molecule has 0 saturated carbocycles. The number of aromatic amines is 1. The minimum atomic E-state index is -0.258. The first-order valence-corrected chi connectivity index (χ1v) is 12.6. The molecule has 36 heavy (non-hydrogen) atoms. The molecule has 6 nitrogen and oxygen atoms in total. The molecular formula is C29H29FN4O2. The van der Waals surface area contributed by atoms with Gasteiger partial charge in [-0.3, -0.25) is 0 Å². The molecule has 0 radical (unpaired) electrons. The first-order chi connectivity index (χ1) is 17.5. The molecule has 1 N–H and O–H groups in total. The van der Waals surface area contributed by atoms with Gasteiger partial charge >= 0.3 is 6.03 Å². The third kappa shape index (κ3) is 4.30. The molecule has 6 rings (SSSR count). The van der Waals surface area contributed by atoms with Crippen LogP contribution in [-0.2, 0) is 6.54 Å². The number of hydrogen-bond donors (Lipinski definition) is 1. The second kappa shape index (κ2) is 9.30. The van der Waals surface area contributed by atoms with Crippen LogP contribution in [0.4, 0.5) is 9.18 Å². The summed E-state index contributed by atoms with van der Waals surface area (Å²) >= 11 is 0. The number of nitrogens with zero attached hydrogens (tertiary/aromatic N) is 3. The van der Waals surface area contributed by atoms with E-state index in [1.807, 2.05) is 28.9 Å². The molecule has 0 aliphatic carbocycles. The Morgan fingerprint density at radius 2 is 1.83 bits per heavy atom. The Morgan fingerprint density at radius 1 is 1.03 bits per heavy atom. The van der Waals surface area contributed by atoms with E-state index in [1.165, 1.54) is 12.1 Å². The van der Waals surface area contributed by atoms with Crippen molar-refractivity contribution in [3.63, 3.8) is 0 Å². The van der Waals surface area contributed by atoms with Crippen LogP contribution in [0, 0.1) is 12.7 Å². The summed E-state index contributed by atoms with van der Waals surface area (Å²) in [6.45, 7) is 4.12. The Kier molecular flexibility index (Phi) is 5.83. The van der Waals surface area contributed by atoms with E-state index >= 15 is 0 Å². The third-order valence-corrected chi connectivity index (χ3v) is 7.25. The van der Waals surface area contributed by atoms with Gasteiger partial charge in [0.2, 0.25) is 0 Å².